The number of hydrogen-bond donors (Lipinski definition) is 0. The summed E-state index contributed by atoms with van der Waals surface area (Å²) >= 11 is 0. The van der Waals surface area contributed by atoms with Crippen LogP contribution in [0.25, 0.3) is 0 Å². The molecule has 0 radical (unpaired) electrons. The number of hydrogen-bond acceptors (Lipinski definition) is 4. The summed E-state index contributed by atoms with van der Waals surface area (Å²) in [5, 5.41) is 0. The molecule has 2 atom stereocenters. The highest BCUT2D eigenvalue weighted by atomic mass is 16.5. The fraction of sp³-hybridized carbons (Fsp3) is 0.867. The maximum Gasteiger partial charge on any atom is 0.323 e. The highest BCUT2D eigenvalue weighted by molar-refractivity contribution is 5.81. The molecule has 0 aromatic rings. The molecule has 114 valence electrons. The Morgan fingerprint density at radius 3 is 2.65 bits per heavy atom. The third-order valence-corrected chi connectivity index (χ3v) is 4.59. The van der Waals surface area contributed by atoms with Crippen LogP contribution in [-0.2, 0) is 14.3 Å². The van der Waals surface area contributed by atoms with E-state index in [4.69, 9.17) is 4.74 Å². The van der Waals surface area contributed by atoms with Gasteiger partial charge in [0.15, 0.2) is 0 Å². The zero-order valence-electron chi connectivity index (χ0n) is 12.6. The predicted octanol–water partition coefficient (Wildman–Crippen LogP) is 1.41. The molecule has 2 aliphatic heterocycles. The number of methoxy groups -OCH3 is 1. The molecule has 0 saturated carbocycles. The van der Waals surface area contributed by atoms with Crippen molar-refractivity contribution in [1.82, 2.24) is 9.80 Å². The minimum absolute atomic E-state index is 0.173. The van der Waals surface area contributed by atoms with E-state index in [0.29, 0.717) is 12.6 Å². The fourth-order valence-electron chi connectivity index (χ4n) is 3.44. The Morgan fingerprint density at radius 2 is 1.95 bits per heavy atom. The summed E-state index contributed by atoms with van der Waals surface area (Å²) in [4.78, 5) is 28.2. The summed E-state index contributed by atoms with van der Waals surface area (Å²) < 4.78 is 4.83. The van der Waals surface area contributed by atoms with Gasteiger partial charge in [0.2, 0.25) is 5.91 Å². The van der Waals surface area contributed by atoms with Crippen molar-refractivity contribution >= 4 is 11.9 Å². The summed E-state index contributed by atoms with van der Waals surface area (Å²) in [5.74, 6) is -0.0339. The molecule has 5 nitrogen and oxygen atoms in total. The van der Waals surface area contributed by atoms with Gasteiger partial charge in [0, 0.05) is 12.6 Å². The summed E-state index contributed by atoms with van der Waals surface area (Å²) in [6, 6.07) is 0.157. The van der Waals surface area contributed by atoms with Gasteiger partial charge in [0.25, 0.3) is 0 Å². The lowest BCUT2D eigenvalue weighted by molar-refractivity contribution is -0.147. The molecular weight excluding hydrogens is 256 g/mol. The first-order valence-corrected chi connectivity index (χ1v) is 7.78. The lowest BCUT2D eigenvalue weighted by Gasteiger charge is -2.36. The summed E-state index contributed by atoms with van der Waals surface area (Å²) in [6.45, 7) is 4.18. The Hall–Kier alpha value is -1.10. The molecule has 0 bridgehead atoms. The normalized spacial score (nSPS) is 27.6. The zero-order chi connectivity index (χ0) is 14.5. The van der Waals surface area contributed by atoms with E-state index in [0.717, 1.165) is 45.2 Å². The van der Waals surface area contributed by atoms with Crippen LogP contribution in [0.4, 0.5) is 0 Å². The first-order valence-electron chi connectivity index (χ1n) is 7.78. The maximum atomic E-state index is 12.5. The van der Waals surface area contributed by atoms with Gasteiger partial charge in [-0.2, -0.15) is 0 Å². The van der Waals surface area contributed by atoms with Crippen LogP contribution >= 0.6 is 0 Å². The van der Waals surface area contributed by atoms with Crippen LogP contribution in [0.2, 0.25) is 0 Å². The number of carbonyl (C=O) groups is 2. The highest BCUT2D eigenvalue weighted by Crippen LogP contribution is 2.22. The number of likely N-dealkylation sites (tertiary alicyclic amines) is 2. The van der Waals surface area contributed by atoms with Gasteiger partial charge in [-0.05, 0) is 45.1 Å². The van der Waals surface area contributed by atoms with Crippen molar-refractivity contribution in [2.24, 2.45) is 0 Å². The number of amides is 1. The van der Waals surface area contributed by atoms with Crippen LogP contribution in [0.15, 0.2) is 0 Å². The smallest absolute Gasteiger partial charge is 0.323 e. The number of esters is 1. The van der Waals surface area contributed by atoms with E-state index in [1.54, 1.807) is 0 Å². The number of rotatable bonds is 4. The van der Waals surface area contributed by atoms with Crippen LogP contribution in [-0.4, -0.2) is 60.5 Å². The molecule has 2 fully saturated rings. The van der Waals surface area contributed by atoms with E-state index < -0.39 is 0 Å². The second kappa shape index (κ2) is 7.07. The molecular formula is C15H26N2O3. The monoisotopic (exact) mass is 282 g/mol. The Bertz CT molecular complexity index is 359. The largest absolute Gasteiger partial charge is 0.468 e. The van der Waals surface area contributed by atoms with Crippen LogP contribution < -0.4 is 0 Å². The van der Waals surface area contributed by atoms with Gasteiger partial charge in [-0.3, -0.25) is 14.5 Å². The van der Waals surface area contributed by atoms with Gasteiger partial charge in [0.1, 0.15) is 6.04 Å². The van der Waals surface area contributed by atoms with E-state index in [1.807, 2.05) is 9.80 Å². The average molecular weight is 282 g/mol. The molecule has 20 heavy (non-hydrogen) atoms. The van der Waals surface area contributed by atoms with Crippen LogP contribution in [0.3, 0.4) is 0 Å². The van der Waals surface area contributed by atoms with Crippen LogP contribution in [0.1, 0.15) is 45.4 Å². The highest BCUT2D eigenvalue weighted by Gasteiger charge is 2.34. The van der Waals surface area contributed by atoms with E-state index in [1.165, 1.54) is 13.5 Å². The molecule has 0 aliphatic carbocycles. The molecule has 0 aromatic heterocycles. The summed E-state index contributed by atoms with van der Waals surface area (Å²) in [7, 11) is 1.42. The molecule has 2 rings (SSSR count). The Morgan fingerprint density at radius 1 is 1.15 bits per heavy atom. The van der Waals surface area contributed by atoms with Gasteiger partial charge >= 0.3 is 5.97 Å². The first kappa shape index (κ1) is 15.3. The Balaban J connectivity index is 1.94. The van der Waals surface area contributed by atoms with Crippen LogP contribution in [0.5, 0.6) is 0 Å². The molecule has 5 heteroatoms. The SMILES string of the molecule is CCC1CCCCN1C(=O)CN1CCCC1C(=O)OC. The third kappa shape index (κ3) is 3.32. The van der Waals surface area contributed by atoms with E-state index in [2.05, 4.69) is 6.92 Å². The molecule has 2 aliphatic rings. The number of carbonyl (C=O) groups excluding carboxylic acids is 2. The minimum atomic E-state index is -0.228. The fourth-order valence-corrected chi connectivity index (χ4v) is 3.44. The number of nitrogens with zero attached hydrogens (tertiary/aromatic N) is 2. The zero-order valence-corrected chi connectivity index (χ0v) is 12.6. The standard InChI is InChI=1S/C15H26N2O3/c1-3-12-7-4-5-10-17(12)14(18)11-16-9-6-8-13(16)15(19)20-2/h12-13H,3-11H2,1-2H3. The summed E-state index contributed by atoms with van der Waals surface area (Å²) in [6.07, 6.45) is 6.22. The van der Waals surface area contributed by atoms with Gasteiger partial charge in [-0.25, -0.2) is 0 Å². The second-order valence-electron chi connectivity index (χ2n) is 5.80. The topological polar surface area (TPSA) is 49.9 Å². The van der Waals surface area contributed by atoms with Crippen molar-refractivity contribution in [2.45, 2.75) is 57.5 Å². The van der Waals surface area contributed by atoms with Crippen molar-refractivity contribution in [3.05, 3.63) is 0 Å². The van der Waals surface area contributed by atoms with Crippen molar-refractivity contribution < 1.29 is 14.3 Å². The summed E-state index contributed by atoms with van der Waals surface area (Å²) in [5.41, 5.74) is 0. The van der Waals surface area contributed by atoms with Gasteiger partial charge in [-0.1, -0.05) is 6.92 Å². The van der Waals surface area contributed by atoms with Gasteiger partial charge in [-0.15, -0.1) is 0 Å². The average Bonchev–Trinajstić information content (AvgIpc) is 2.94. The lowest BCUT2D eigenvalue weighted by atomic mass is 10.00. The lowest BCUT2D eigenvalue weighted by Crippen LogP contribution is -2.49. The molecule has 1 amide bonds. The minimum Gasteiger partial charge on any atom is -0.468 e. The molecule has 2 saturated heterocycles. The van der Waals surface area contributed by atoms with E-state index in [-0.39, 0.29) is 17.9 Å². The van der Waals surface area contributed by atoms with Crippen molar-refractivity contribution in [1.29, 1.82) is 0 Å². The maximum absolute atomic E-state index is 12.5. The van der Waals surface area contributed by atoms with Gasteiger partial charge < -0.3 is 9.64 Å². The van der Waals surface area contributed by atoms with Gasteiger partial charge in [0.05, 0.1) is 13.7 Å². The van der Waals surface area contributed by atoms with Crippen molar-refractivity contribution in [3.63, 3.8) is 0 Å². The molecule has 2 heterocycles. The van der Waals surface area contributed by atoms with E-state index in [9.17, 15) is 9.59 Å². The Labute approximate surface area is 121 Å². The van der Waals surface area contributed by atoms with E-state index >= 15 is 0 Å². The third-order valence-electron chi connectivity index (χ3n) is 4.59. The molecule has 0 spiro atoms. The second-order valence-corrected chi connectivity index (χ2v) is 5.80. The molecule has 2 unspecified atom stereocenters. The number of piperidine rings is 1. The Kier molecular flexibility index (Phi) is 5.40. The van der Waals surface area contributed by atoms with Crippen molar-refractivity contribution in [2.75, 3.05) is 26.7 Å². The van der Waals surface area contributed by atoms with Crippen molar-refractivity contribution in [3.8, 4) is 0 Å². The quantitative estimate of drug-likeness (QED) is 0.732. The molecule has 0 N–H and O–H groups in total. The first-order chi connectivity index (χ1) is 9.67. The predicted molar refractivity (Wildman–Crippen MR) is 76.3 cm³/mol. The number of ether oxygens (including phenoxy) is 1. The molecule has 0 aromatic carbocycles. The van der Waals surface area contributed by atoms with Crippen LogP contribution in [0, 0.1) is 0 Å².